The lowest BCUT2D eigenvalue weighted by molar-refractivity contribution is -0.118. The molecule has 0 aliphatic rings. The van der Waals surface area contributed by atoms with E-state index in [-0.39, 0.29) is 18.2 Å². The molecule has 0 atom stereocenters. The Morgan fingerprint density at radius 2 is 2.00 bits per heavy atom. The molecule has 3 rings (SSSR count). The van der Waals surface area contributed by atoms with Gasteiger partial charge in [0, 0.05) is 41.6 Å². The monoisotopic (exact) mass is 442 g/mol. The van der Waals surface area contributed by atoms with E-state index in [0.717, 1.165) is 17.5 Å². The second kappa shape index (κ2) is 10.4. The molecule has 1 N–H and O–H groups in total. The summed E-state index contributed by atoms with van der Waals surface area (Å²) in [7, 11) is 0. The quantitative estimate of drug-likeness (QED) is 0.468. The van der Waals surface area contributed by atoms with Crippen LogP contribution in [0.5, 0.6) is 11.5 Å². The van der Waals surface area contributed by atoms with E-state index in [0.29, 0.717) is 45.8 Å². The van der Waals surface area contributed by atoms with Crippen molar-refractivity contribution in [3.8, 4) is 11.5 Å². The summed E-state index contributed by atoms with van der Waals surface area (Å²) in [6.07, 6.45) is 3.25. The molecule has 1 amide bonds. The minimum absolute atomic E-state index is 0.0433. The molecule has 0 aliphatic carbocycles. The maximum atomic E-state index is 12.4. The van der Waals surface area contributed by atoms with Gasteiger partial charge in [-0.3, -0.25) is 14.6 Å². The summed E-state index contributed by atoms with van der Waals surface area (Å²) in [5.74, 6) is 0.812. The Bertz CT molecular complexity index is 1120. The summed E-state index contributed by atoms with van der Waals surface area (Å²) < 4.78 is 18.5. The van der Waals surface area contributed by atoms with Crippen molar-refractivity contribution >= 4 is 34.2 Å². The topological polar surface area (TPSA) is 68.3 Å². The number of carbonyl (C=O) groups is 2. The second-order valence-electron chi connectivity index (χ2n) is 7.26. The Labute approximate surface area is 185 Å². The van der Waals surface area contributed by atoms with Crippen molar-refractivity contribution in [1.82, 2.24) is 10.3 Å². The Morgan fingerprint density at radius 3 is 2.71 bits per heavy atom. The second-order valence-corrected chi connectivity index (χ2v) is 7.67. The molecular formula is C24H24ClFN2O3. The number of amides is 1. The fourth-order valence-corrected chi connectivity index (χ4v) is 3.54. The number of halogens is 2. The summed E-state index contributed by atoms with van der Waals surface area (Å²) in [5.41, 5.74) is 2.60. The van der Waals surface area contributed by atoms with Crippen LogP contribution in [0.3, 0.4) is 0 Å². The van der Waals surface area contributed by atoms with Gasteiger partial charge in [-0.2, -0.15) is 0 Å². The Kier molecular flexibility index (Phi) is 7.58. The molecule has 31 heavy (non-hydrogen) atoms. The highest BCUT2D eigenvalue weighted by atomic mass is 35.5. The number of aryl methyl sites for hydroxylation is 1. The number of alkyl halides is 1. The number of pyridine rings is 1. The van der Waals surface area contributed by atoms with E-state index in [1.54, 1.807) is 49.5 Å². The molecule has 3 aromatic rings. The van der Waals surface area contributed by atoms with Crippen molar-refractivity contribution in [2.24, 2.45) is 0 Å². The molecule has 0 radical (unpaired) electrons. The first-order valence-electron chi connectivity index (χ1n) is 10.1. The van der Waals surface area contributed by atoms with E-state index in [9.17, 15) is 14.0 Å². The van der Waals surface area contributed by atoms with Crippen molar-refractivity contribution in [3.63, 3.8) is 0 Å². The molecule has 0 unspecified atom stereocenters. The summed E-state index contributed by atoms with van der Waals surface area (Å²) in [5, 5.41) is 3.65. The number of hydrogen-bond acceptors (Lipinski definition) is 4. The fraction of sp³-hybridized carbons (Fsp3) is 0.292. The third-order valence-corrected chi connectivity index (χ3v) is 5.19. The number of benzene rings is 2. The standard InChI is InChI=1S/C24H24ClFN2O3/c1-3-4-17(29)12-16-5-6-18(13-21(16)25)31-23-7-9-27-22-11-15(2)19(14-20(22)23)24(30)28-10-8-26/h5-7,9,11,13-14H,3-4,8,10,12H2,1-2H3,(H,28,30). The molecular weight excluding hydrogens is 419 g/mol. The van der Waals surface area contributed by atoms with E-state index >= 15 is 0 Å². The molecule has 2 aromatic carbocycles. The van der Waals surface area contributed by atoms with Crippen LogP contribution in [-0.4, -0.2) is 29.9 Å². The number of nitrogens with one attached hydrogen (secondary N) is 1. The molecule has 162 valence electrons. The molecule has 1 aromatic heterocycles. The molecule has 7 heteroatoms. The molecule has 0 saturated heterocycles. The van der Waals surface area contributed by atoms with Gasteiger partial charge >= 0.3 is 0 Å². The van der Waals surface area contributed by atoms with Gasteiger partial charge in [0.15, 0.2) is 0 Å². The van der Waals surface area contributed by atoms with Gasteiger partial charge in [-0.25, -0.2) is 4.39 Å². The normalized spacial score (nSPS) is 10.8. The molecule has 0 spiro atoms. The highest BCUT2D eigenvalue weighted by Crippen LogP contribution is 2.32. The van der Waals surface area contributed by atoms with Gasteiger partial charge in [0.25, 0.3) is 5.91 Å². The maximum Gasteiger partial charge on any atom is 0.251 e. The smallest absolute Gasteiger partial charge is 0.251 e. The third kappa shape index (κ3) is 5.58. The van der Waals surface area contributed by atoms with Crippen LogP contribution < -0.4 is 10.1 Å². The van der Waals surface area contributed by atoms with Crippen LogP contribution in [0.4, 0.5) is 4.39 Å². The number of carbonyl (C=O) groups excluding carboxylic acids is 2. The number of hydrogen-bond donors (Lipinski definition) is 1. The van der Waals surface area contributed by atoms with Gasteiger partial charge in [-0.05, 0) is 54.8 Å². The van der Waals surface area contributed by atoms with Crippen LogP contribution in [0.1, 0.15) is 41.3 Å². The summed E-state index contributed by atoms with van der Waals surface area (Å²) in [4.78, 5) is 28.6. The van der Waals surface area contributed by atoms with Crippen molar-refractivity contribution in [2.75, 3.05) is 13.2 Å². The number of ether oxygens (including phenoxy) is 1. The number of Topliss-reactive ketones (excluding diaryl/α,β-unsaturated/α-hetero) is 1. The highest BCUT2D eigenvalue weighted by Gasteiger charge is 2.14. The molecule has 0 aliphatic heterocycles. The van der Waals surface area contributed by atoms with Crippen LogP contribution in [0, 0.1) is 6.92 Å². The van der Waals surface area contributed by atoms with E-state index in [1.807, 2.05) is 6.92 Å². The minimum atomic E-state index is -0.630. The zero-order chi connectivity index (χ0) is 22.4. The van der Waals surface area contributed by atoms with Gasteiger partial charge < -0.3 is 10.1 Å². The summed E-state index contributed by atoms with van der Waals surface area (Å²) in [6, 6.07) is 10.4. The van der Waals surface area contributed by atoms with E-state index in [2.05, 4.69) is 10.3 Å². The highest BCUT2D eigenvalue weighted by molar-refractivity contribution is 6.31. The van der Waals surface area contributed by atoms with Crippen molar-refractivity contribution < 1.29 is 18.7 Å². The zero-order valence-corrected chi connectivity index (χ0v) is 18.3. The number of rotatable bonds is 9. The van der Waals surface area contributed by atoms with Crippen LogP contribution in [0.15, 0.2) is 42.6 Å². The van der Waals surface area contributed by atoms with E-state index < -0.39 is 6.67 Å². The fourth-order valence-electron chi connectivity index (χ4n) is 3.30. The SMILES string of the molecule is CCCC(=O)Cc1ccc(Oc2ccnc3cc(C)c(C(=O)NCCF)cc23)cc1Cl. The lowest BCUT2D eigenvalue weighted by atomic mass is 10.0. The minimum Gasteiger partial charge on any atom is -0.457 e. The van der Waals surface area contributed by atoms with Gasteiger partial charge in [0.2, 0.25) is 0 Å². The predicted octanol–water partition coefficient (Wildman–Crippen LogP) is 5.60. The van der Waals surface area contributed by atoms with Gasteiger partial charge in [0.1, 0.15) is 24.0 Å². The first-order valence-corrected chi connectivity index (χ1v) is 10.5. The first-order chi connectivity index (χ1) is 14.9. The van der Waals surface area contributed by atoms with Crippen molar-refractivity contribution in [1.29, 1.82) is 0 Å². The molecule has 0 saturated carbocycles. The predicted molar refractivity (Wildman–Crippen MR) is 120 cm³/mol. The third-order valence-electron chi connectivity index (χ3n) is 4.84. The Balaban J connectivity index is 1.90. The van der Waals surface area contributed by atoms with Gasteiger partial charge in [-0.1, -0.05) is 24.6 Å². The van der Waals surface area contributed by atoms with Crippen molar-refractivity contribution in [3.05, 3.63) is 64.3 Å². The first kappa shape index (κ1) is 22.7. The van der Waals surface area contributed by atoms with E-state index in [1.165, 1.54) is 0 Å². The van der Waals surface area contributed by atoms with Crippen LogP contribution in [-0.2, 0) is 11.2 Å². The zero-order valence-electron chi connectivity index (χ0n) is 17.5. The van der Waals surface area contributed by atoms with Crippen LogP contribution in [0.2, 0.25) is 5.02 Å². The van der Waals surface area contributed by atoms with E-state index in [4.69, 9.17) is 16.3 Å². The largest absolute Gasteiger partial charge is 0.457 e. The molecule has 5 nitrogen and oxygen atoms in total. The van der Waals surface area contributed by atoms with Crippen LogP contribution in [0.25, 0.3) is 10.9 Å². The lowest BCUT2D eigenvalue weighted by Gasteiger charge is -2.13. The molecule has 1 heterocycles. The molecule has 0 fully saturated rings. The average Bonchev–Trinajstić information content (AvgIpc) is 2.74. The lowest BCUT2D eigenvalue weighted by Crippen LogP contribution is -2.26. The molecule has 0 bridgehead atoms. The maximum absolute atomic E-state index is 12.4. The van der Waals surface area contributed by atoms with Crippen molar-refractivity contribution in [2.45, 2.75) is 33.1 Å². The Morgan fingerprint density at radius 1 is 1.19 bits per heavy atom. The van der Waals surface area contributed by atoms with Gasteiger partial charge in [-0.15, -0.1) is 0 Å². The number of ketones is 1. The van der Waals surface area contributed by atoms with Crippen LogP contribution >= 0.6 is 11.6 Å². The Hall–Kier alpha value is -2.99. The number of aromatic nitrogens is 1. The summed E-state index contributed by atoms with van der Waals surface area (Å²) >= 11 is 6.37. The number of nitrogens with zero attached hydrogens (tertiary/aromatic N) is 1. The summed E-state index contributed by atoms with van der Waals surface area (Å²) in [6.45, 7) is 3.10. The average molecular weight is 443 g/mol. The van der Waals surface area contributed by atoms with Gasteiger partial charge in [0.05, 0.1) is 5.52 Å². The number of fused-ring (bicyclic) bond motifs is 1.